The van der Waals surface area contributed by atoms with E-state index < -0.39 is 0 Å². The molecule has 0 aromatic carbocycles. The van der Waals surface area contributed by atoms with E-state index in [1.165, 1.54) is 4.68 Å². The van der Waals surface area contributed by atoms with Gasteiger partial charge in [0.25, 0.3) is 0 Å². The maximum atomic E-state index is 11.3. The van der Waals surface area contributed by atoms with Gasteiger partial charge in [-0.3, -0.25) is 4.79 Å². The van der Waals surface area contributed by atoms with Gasteiger partial charge in [0.2, 0.25) is 10.7 Å². The highest BCUT2D eigenvalue weighted by molar-refractivity contribution is 7.71. The van der Waals surface area contributed by atoms with Crippen molar-refractivity contribution in [3.63, 3.8) is 0 Å². The first-order chi connectivity index (χ1) is 7.24. The van der Waals surface area contributed by atoms with E-state index in [4.69, 9.17) is 17.0 Å². The number of aryl methyl sites for hydroxylation is 1. The van der Waals surface area contributed by atoms with Gasteiger partial charge in [-0.25, -0.2) is 4.68 Å². The molecule has 0 radical (unpaired) electrons. The summed E-state index contributed by atoms with van der Waals surface area (Å²) < 4.78 is 6.68. The molecule has 84 valence electrons. The SMILES string of the molecule is COCCNC(=O)CCn1[nH]nnc1=S. The van der Waals surface area contributed by atoms with Crippen LogP contribution in [-0.4, -0.2) is 46.4 Å². The minimum absolute atomic E-state index is 0.0523. The molecule has 0 unspecified atom stereocenters. The Hall–Kier alpha value is -1.28. The fourth-order valence-corrected chi connectivity index (χ4v) is 1.13. The van der Waals surface area contributed by atoms with Crippen LogP contribution in [0.5, 0.6) is 0 Å². The monoisotopic (exact) mass is 231 g/mol. The van der Waals surface area contributed by atoms with Gasteiger partial charge in [0.05, 0.1) is 13.2 Å². The summed E-state index contributed by atoms with van der Waals surface area (Å²) in [6.45, 7) is 1.48. The Morgan fingerprint density at radius 1 is 1.73 bits per heavy atom. The second-order valence-electron chi connectivity index (χ2n) is 2.83. The molecule has 1 aromatic rings. The summed E-state index contributed by atoms with van der Waals surface area (Å²) in [5.74, 6) is -0.0523. The smallest absolute Gasteiger partial charge is 0.238 e. The third-order valence-corrected chi connectivity index (χ3v) is 2.02. The van der Waals surface area contributed by atoms with E-state index in [-0.39, 0.29) is 5.91 Å². The maximum absolute atomic E-state index is 11.3. The molecule has 0 aliphatic rings. The van der Waals surface area contributed by atoms with Crippen molar-refractivity contribution < 1.29 is 9.53 Å². The van der Waals surface area contributed by atoms with Crippen molar-refractivity contribution in [2.75, 3.05) is 20.3 Å². The number of carbonyl (C=O) groups excluding carboxylic acids is 1. The molecule has 0 aliphatic carbocycles. The molecule has 2 N–H and O–H groups in total. The number of hydrogen-bond acceptors (Lipinski definition) is 5. The fourth-order valence-electron chi connectivity index (χ4n) is 0.956. The standard InChI is InChI=1S/C7H13N5O2S/c1-14-5-3-8-6(13)2-4-12-7(15)9-10-11-12/h2-5H2,1H3,(H,8,13)(H,9,11,15). The number of tetrazole rings is 1. The Morgan fingerprint density at radius 2 is 2.53 bits per heavy atom. The minimum atomic E-state index is -0.0523. The highest BCUT2D eigenvalue weighted by Crippen LogP contribution is 1.88. The van der Waals surface area contributed by atoms with E-state index >= 15 is 0 Å². The number of nitrogens with zero attached hydrogens (tertiary/aromatic N) is 3. The van der Waals surface area contributed by atoms with Crippen LogP contribution in [0.3, 0.4) is 0 Å². The van der Waals surface area contributed by atoms with E-state index in [2.05, 4.69) is 20.8 Å². The zero-order chi connectivity index (χ0) is 11.1. The Balaban J connectivity index is 2.23. The first-order valence-corrected chi connectivity index (χ1v) is 4.88. The molecule has 0 bridgehead atoms. The van der Waals surface area contributed by atoms with Crippen molar-refractivity contribution in [1.82, 2.24) is 25.5 Å². The lowest BCUT2D eigenvalue weighted by Gasteiger charge is -2.03. The van der Waals surface area contributed by atoms with Gasteiger partial charge in [-0.1, -0.05) is 10.3 Å². The van der Waals surface area contributed by atoms with Crippen molar-refractivity contribution >= 4 is 18.1 Å². The molecule has 1 aromatic heterocycles. The average molecular weight is 231 g/mol. The van der Waals surface area contributed by atoms with Crippen molar-refractivity contribution in [2.45, 2.75) is 13.0 Å². The van der Waals surface area contributed by atoms with E-state index in [0.29, 0.717) is 30.9 Å². The zero-order valence-electron chi connectivity index (χ0n) is 8.39. The lowest BCUT2D eigenvalue weighted by atomic mass is 10.4. The molecule has 7 nitrogen and oxygen atoms in total. The highest BCUT2D eigenvalue weighted by atomic mass is 32.1. The van der Waals surface area contributed by atoms with E-state index in [1.807, 2.05) is 0 Å². The lowest BCUT2D eigenvalue weighted by molar-refractivity contribution is -0.121. The third kappa shape index (κ3) is 4.17. The molecule has 1 heterocycles. The van der Waals surface area contributed by atoms with Crippen LogP contribution < -0.4 is 5.32 Å². The van der Waals surface area contributed by atoms with Crippen LogP contribution in [-0.2, 0) is 16.1 Å². The van der Waals surface area contributed by atoms with Crippen LogP contribution in [0.15, 0.2) is 0 Å². The number of hydrogen-bond donors (Lipinski definition) is 2. The number of aromatic amines is 1. The molecule has 1 rings (SSSR count). The van der Waals surface area contributed by atoms with Gasteiger partial charge in [0, 0.05) is 20.1 Å². The Labute approximate surface area is 91.8 Å². The lowest BCUT2D eigenvalue weighted by Crippen LogP contribution is -2.27. The first kappa shape index (κ1) is 11.8. The number of H-pyrrole nitrogens is 1. The van der Waals surface area contributed by atoms with Gasteiger partial charge in [0.15, 0.2) is 0 Å². The summed E-state index contributed by atoms with van der Waals surface area (Å²) in [4.78, 5) is 11.3. The highest BCUT2D eigenvalue weighted by Gasteiger charge is 2.02. The fraction of sp³-hybridized carbons (Fsp3) is 0.714. The van der Waals surface area contributed by atoms with E-state index in [1.54, 1.807) is 7.11 Å². The van der Waals surface area contributed by atoms with Crippen LogP contribution in [0.2, 0.25) is 0 Å². The summed E-state index contributed by atoms with van der Waals surface area (Å²) in [5, 5.41) is 12.4. The summed E-state index contributed by atoms with van der Waals surface area (Å²) in [6.07, 6.45) is 0.335. The quantitative estimate of drug-likeness (QED) is 0.509. The second kappa shape index (κ2) is 6.25. The predicted octanol–water partition coefficient (Wildman–Crippen LogP) is -0.512. The Morgan fingerprint density at radius 3 is 3.13 bits per heavy atom. The van der Waals surface area contributed by atoms with Gasteiger partial charge < -0.3 is 10.1 Å². The number of aromatic nitrogens is 4. The molecule has 15 heavy (non-hydrogen) atoms. The van der Waals surface area contributed by atoms with Crippen molar-refractivity contribution in [1.29, 1.82) is 0 Å². The minimum Gasteiger partial charge on any atom is -0.383 e. The third-order valence-electron chi connectivity index (χ3n) is 1.72. The van der Waals surface area contributed by atoms with E-state index in [9.17, 15) is 4.79 Å². The number of rotatable bonds is 6. The number of nitrogens with one attached hydrogen (secondary N) is 2. The molecule has 0 saturated heterocycles. The molecule has 8 heteroatoms. The molecule has 0 atom stereocenters. The van der Waals surface area contributed by atoms with Gasteiger partial charge in [-0.2, -0.15) is 5.21 Å². The number of carbonyl (C=O) groups is 1. The summed E-state index contributed by atoms with van der Waals surface area (Å²) in [6, 6.07) is 0. The summed E-state index contributed by atoms with van der Waals surface area (Å²) in [5.41, 5.74) is 0. The second-order valence-corrected chi connectivity index (χ2v) is 3.19. The number of methoxy groups -OCH3 is 1. The van der Waals surface area contributed by atoms with E-state index in [0.717, 1.165) is 0 Å². The molecule has 0 aliphatic heterocycles. The van der Waals surface area contributed by atoms with Crippen LogP contribution in [0.1, 0.15) is 6.42 Å². The molecule has 0 saturated carbocycles. The van der Waals surface area contributed by atoms with Crippen molar-refractivity contribution in [2.24, 2.45) is 0 Å². The van der Waals surface area contributed by atoms with Crippen LogP contribution in [0, 0.1) is 4.77 Å². The van der Waals surface area contributed by atoms with Gasteiger partial charge >= 0.3 is 0 Å². The Bertz CT molecular complexity index is 360. The average Bonchev–Trinajstić information content (AvgIpc) is 2.61. The van der Waals surface area contributed by atoms with Crippen molar-refractivity contribution in [3.8, 4) is 0 Å². The number of ether oxygens (including phenoxy) is 1. The molecular formula is C7H13N5O2S. The van der Waals surface area contributed by atoms with Crippen LogP contribution in [0.4, 0.5) is 0 Å². The largest absolute Gasteiger partial charge is 0.383 e. The van der Waals surface area contributed by atoms with Crippen molar-refractivity contribution in [3.05, 3.63) is 4.77 Å². The normalized spacial score (nSPS) is 10.2. The van der Waals surface area contributed by atoms with Gasteiger partial charge in [-0.15, -0.1) is 0 Å². The van der Waals surface area contributed by atoms with Gasteiger partial charge in [0.1, 0.15) is 0 Å². The Kier molecular flexibility index (Phi) is 4.91. The number of amides is 1. The molecule has 1 amide bonds. The predicted molar refractivity (Wildman–Crippen MR) is 54.7 cm³/mol. The molecule has 0 fully saturated rings. The summed E-state index contributed by atoms with van der Waals surface area (Å²) in [7, 11) is 1.59. The van der Waals surface area contributed by atoms with Gasteiger partial charge in [-0.05, 0) is 12.2 Å². The topological polar surface area (TPSA) is 84.8 Å². The van der Waals surface area contributed by atoms with Crippen LogP contribution in [0.25, 0.3) is 0 Å². The molecule has 0 spiro atoms. The maximum Gasteiger partial charge on any atom is 0.238 e. The summed E-state index contributed by atoms with van der Waals surface area (Å²) >= 11 is 4.85. The zero-order valence-corrected chi connectivity index (χ0v) is 9.21. The molecular weight excluding hydrogens is 218 g/mol. The first-order valence-electron chi connectivity index (χ1n) is 4.47. The van der Waals surface area contributed by atoms with Crippen LogP contribution >= 0.6 is 12.2 Å².